The van der Waals surface area contributed by atoms with Crippen LogP contribution in [0.2, 0.25) is 5.02 Å². The number of hydrogen-bond donors (Lipinski definition) is 1. The van der Waals surface area contributed by atoms with Gasteiger partial charge in [0.15, 0.2) is 0 Å². The lowest BCUT2D eigenvalue weighted by molar-refractivity contribution is 0.0694. The van der Waals surface area contributed by atoms with E-state index in [-0.39, 0.29) is 28.3 Å². The van der Waals surface area contributed by atoms with Crippen LogP contribution in [-0.2, 0) is 13.0 Å². The molecular formula is C23H23ClFNO4. The summed E-state index contributed by atoms with van der Waals surface area (Å²) >= 11 is 5.89. The lowest BCUT2D eigenvalue weighted by atomic mass is 9.99. The van der Waals surface area contributed by atoms with E-state index in [4.69, 9.17) is 16.3 Å². The summed E-state index contributed by atoms with van der Waals surface area (Å²) in [5.74, 6) is -1.04. The molecule has 1 aromatic heterocycles. The zero-order chi connectivity index (χ0) is 22.0. The van der Waals surface area contributed by atoms with Gasteiger partial charge in [0.25, 0.3) is 0 Å². The van der Waals surface area contributed by atoms with Gasteiger partial charge >= 0.3 is 5.97 Å². The van der Waals surface area contributed by atoms with Crippen LogP contribution in [0.1, 0.15) is 41.8 Å². The number of methoxy groups -OCH3 is 1. The van der Waals surface area contributed by atoms with Crippen molar-refractivity contribution in [1.29, 1.82) is 0 Å². The van der Waals surface area contributed by atoms with Gasteiger partial charge in [0.05, 0.1) is 17.6 Å². The molecular weight excluding hydrogens is 409 g/mol. The molecule has 7 heteroatoms. The number of halogens is 2. The summed E-state index contributed by atoms with van der Waals surface area (Å²) in [6.45, 7) is 4.66. The quantitative estimate of drug-likeness (QED) is 0.562. The minimum absolute atomic E-state index is 0.0105. The van der Waals surface area contributed by atoms with Crippen LogP contribution >= 0.6 is 11.6 Å². The van der Waals surface area contributed by atoms with E-state index in [2.05, 4.69) is 6.92 Å². The Morgan fingerprint density at radius 3 is 2.67 bits per heavy atom. The number of ether oxygens (including phenoxy) is 1. The number of fused-ring (bicyclic) bond motifs is 1. The van der Waals surface area contributed by atoms with Gasteiger partial charge in [0, 0.05) is 30.6 Å². The third-order valence-corrected chi connectivity index (χ3v) is 5.62. The van der Waals surface area contributed by atoms with Gasteiger partial charge < -0.3 is 14.4 Å². The van der Waals surface area contributed by atoms with E-state index in [1.54, 1.807) is 28.8 Å². The molecule has 30 heavy (non-hydrogen) atoms. The molecule has 158 valence electrons. The number of aromatic carboxylic acids is 1. The third-order valence-electron chi connectivity index (χ3n) is 5.33. The van der Waals surface area contributed by atoms with Gasteiger partial charge in [-0.25, -0.2) is 9.18 Å². The van der Waals surface area contributed by atoms with Crippen molar-refractivity contribution in [2.24, 2.45) is 5.92 Å². The normalized spacial score (nSPS) is 12.2. The SMILES string of the molecule is CCC(C)Cn1cc(C(=O)O)c(=O)c2cc(Cc3cccc(Cl)c3F)c(OC)cc21. The first-order chi connectivity index (χ1) is 14.3. The molecule has 0 saturated heterocycles. The Morgan fingerprint density at radius 1 is 1.30 bits per heavy atom. The van der Waals surface area contributed by atoms with Crippen molar-refractivity contribution in [3.05, 3.63) is 74.3 Å². The number of carbonyl (C=O) groups is 1. The largest absolute Gasteiger partial charge is 0.496 e. The second-order valence-corrected chi connectivity index (χ2v) is 7.82. The zero-order valence-corrected chi connectivity index (χ0v) is 17.8. The Kier molecular flexibility index (Phi) is 6.46. The van der Waals surface area contributed by atoms with E-state index >= 15 is 0 Å². The highest BCUT2D eigenvalue weighted by atomic mass is 35.5. The zero-order valence-electron chi connectivity index (χ0n) is 17.0. The predicted octanol–water partition coefficient (Wildman–Crippen LogP) is 5.14. The number of hydrogen-bond acceptors (Lipinski definition) is 3. The van der Waals surface area contributed by atoms with Crippen molar-refractivity contribution in [1.82, 2.24) is 4.57 Å². The van der Waals surface area contributed by atoms with E-state index in [9.17, 15) is 19.1 Å². The summed E-state index contributed by atoms with van der Waals surface area (Å²) in [7, 11) is 1.50. The van der Waals surface area contributed by atoms with Gasteiger partial charge in [-0.15, -0.1) is 0 Å². The maximum absolute atomic E-state index is 14.4. The van der Waals surface area contributed by atoms with Gasteiger partial charge in [-0.05, 0) is 29.2 Å². The van der Waals surface area contributed by atoms with Crippen LogP contribution in [0.4, 0.5) is 4.39 Å². The van der Waals surface area contributed by atoms with Crippen LogP contribution in [0.15, 0.2) is 41.3 Å². The molecule has 0 aliphatic rings. The molecule has 0 aliphatic carbocycles. The van der Waals surface area contributed by atoms with E-state index in [0.29, 0.717) is 28.9 Å². The van der Waals surface area contributed by atoms with Gasteiger partial charge in [0.2, 0.25) is 5.43 Å². The molecule has 1 unspecified atom stereocenters. The molecule has 1 atom stereocenters. The fraction of sp³-hybridized carbons (Fsp3) is 0.304. The molecule has 0 bridgehead atoms. The molecule has 1 heterocycles. The summed E-state index contributed by atoms with van der Waals surface area (Å²) in [5, 5.41) is 9.78. The molecule has 1 N–H and O–H groups in total. The minimum Gasteiger partial charge on any atom is -0.496 e. The van der Waals surface area contributed by atoms with Crippen LogP contribution < -0.4 is 10.2 Å². The molecule has 5 nitrogen and oxygen atoms in total. The maximum Gasteiger partial charge on any atom is 0.341 e. The van der Waals surface area contributed by atoms with Gasteiger partial charge in [0.1, 0.15) is 17.1 Å². The molecule has 0 aliphatic heterocycles. The lowest BCUT2D eigenvalue weighted by Gasteiger charge is -2.18. The summed E-state index contributed by atoms with van der Waals surface area (Å²) in [5.41, 5.74) is 0.636. The minimum atomic E-state index is -1.28. The molecule has 0 fully saturated rings. The average molecular weight is 432 g/mol. The molecule has 3 rings (SSSR count). The number of benzene rings is 2. The predicted molar refractivity (Wildman–Crippen MR) is 115 cm³/mol. The van der Waals surface area contributed by atoms with Crippen LogP contribution in [0.25, 0.3) is 10.9 Å². The van der Waals surface area contributed by atoms with Crippen LogP contribution in [0.3, 0.4) is 0 Å². The molecule has 2 aromatic carbocycles. The standard InChI is InChI=1S/C23H23ClFNO4/c1-4-13(2)11-26-12-17(23(28)29)22(27)16-9-15(20(30-3)10-19(16)26)8-14-6-5-7-18(24)21(14)25/h5-7,9-10,12-13H,4,8,11H2,1-3H3,(H,28,29). The van der Waals surface area contributed by atoms with Crippen LogP contribution in [0, 0.1) is 11.7 Å². The van der Waals surface area contributed by atoms with Gasteiger partial charge in [-0.1, -0.05) is 44.0 Å². The highest BCUT2D eigenvalue weighted by Crippen LogP contribution is 2.29. The molecule has 0 radical (unpaired) electrons. The van der Waals surface area contributed by atoms with Gasteiger partial charge in [-0.3, -0.25) is 4.79 Å². The van der Waals surface area contributed by atoms with Crippen molar-refractivity contribution in [3.8, 4) is 5.75 Å². The van der Waals surface area contributed by atoms with Crippen molar-refractivity contribution < 1.29 is 19.0 Å². The van der Waals surface area contributed by atoms with E-state index in [0.717, 1.165) is 6.42 Å². The van der Waals surface area contributed by atoms with Crippen molar-refractivity contribution in [3.63, 3.8) is 0 Å². The maximum atomic E-state index is 14.4. The first kappa shape index (κ1) is 21.8. The van der Waals surface area contributed by atoms with Crippen LogP contribution in [-0.4, -0.2) is 22.8 Å². The monoisotopic (exact) mass is 431 g/mol. The van der Waals surface area contributed by atoms with Crippen molar-refractivity contribution in [2.45, 2.75) is 33.2 Å². The first-order valence-electron chi connectivity index (χ1n) is 9.67. The molecule has 0 amide bonds. The number of pyridine rings is 1. The second-order valence-electron chi connectivity index (χ2n) is 7.41. The average Bonchev–Trinajstić information content (AvgIpc) is 2.72. The summed E-state index contributed by atoms with van der Waals surface area (Å²) < 4.78 is 21.7. The van der Waals surface area contributed by atoms with E-state index in [1.165, 1.54) is 19.4 Å². The van der Waals surface area contributed by atoms with Crippen LogP contribution in [0.5, 0.6) is 5.75 Å². The number of nitrogens with zero attached hydrogens (tertiary/aromatic N) is 1. The summed E-state index contributed by atoms with van der Waals surface area (Å²) in [6.07, 6.45) is 2.43. The Morgan fingerprint density at radius 2 is 2.03 bits per heavy atom. The molecule has 3 aromatic rings. The Balaban J connectivity index is 2.25. The fourth-order valence-corrected chi connectivity index (χ4v) is 3.64. The highest BCUT2D eigenvalue weighted by Gasteiger charge is 2.19. The second kappa shape index (κ2) is 8.88. The first-order valence-corrected chi connectivity index (χ1v) is 10.0. The molecule has 0 spiro atoms. The summed E-state index contributed by atoms with van der Waals surface area (Å²) in [6, 6.07) is 8.03. The number of carboxylic acid groups (broad SMARTS) is 1. The third kappa shape index (κ3) is 4.19. The Bertz CT molecular complexity index is 1170. The van der Waals surface area contributed by atoms with E-state index in [1.807, 2.05) is 6.92 Å². The fourth-order valence-electron chi connectivity index (χ4n) is 3.45. The lowest BCUT2D eigenvalue weighted by Crippen LogP contribution is -2.20. The van der Waals surface area contributed by atoms with Gasteiger partial charge in [-0.2, -0.15) is 0 Å². The van der Waals surface area contributed by atoms with Crippen molar-refractivity contribution >= 4 is 28.5 Å². The topological polar surface area (TPSA) is 68.5 Å². The number of rotatable bonds is 7. The Labute approximate surface area is 178 Å². The Hall–Kier alpha value is -2.86. The highest BCUT2D eigenvalue weighted by molar-refractivity contribution is 6.30. The van der Waals surface area contributed by atoms with E-state index < -0.39 is 17.2 Å². The van der Waals surface area contributed by atoms with Crippen molar-refractivity contribution in [2.75, 3.05) is 7.11 Å². The number of carboxylic acids is 1. The molecule has 0 saturated carbocycles. The summed E-state index contributed by atoms with van der Waals surface area (Å²) in [4.78, 5) is 24.5. The number of aromatic nitrogens is 1. The smallest absolute Gasteiger partial charge is 0.341 e.